The summed E-state index contributed by atoms with van der Waals surface area (Å²) in [4.78, 5) is 0. The van der Waals surface area contributed by atoms with E-state index in [0.717, 1.165) is 26.8 Å². The van der Waals surface area contributed by atoms with Crippen LogP contribution in [0, 0.1) is 0 Å². The number of fused-ring (bicyclic) bond motifs is 1. The van der Waals surface area contributed by atoms with E-state index in [2.05, 4.69) is 15.9 Å². The van der Waals surface area contributed by atoms with E-state index in [4.69, 9.17) is 14.9 Å². The Morgan fingerprint density at radius 3 is 2.93 bits per heavy atom. The number of methoxy groups -OCH3 is 1. The summed E-state index contributed by atoms with van der Waals surface area (Å²) >= 11 is 3.44. The molecule has 0 atom stereocenters. The highest BCUT2D eigenvalue weighted by Crippen LogP contribution is 2.28. The fourth-order valence-electron chi connectivity index (χ4n) is 1.64. The minimum absolute atomic E-state index is 0.394. The van der Waals surface area contributed by atoms with Crippen molar-refractivity contribution in [2.45, 2.75) is 13.2 Å². The molecule has 15 heavy (non-hydrogen) atoms. The van der Waals surface area contributed by atoms with Gasteiger partial charge in [-0.05, 0) is 18.2 Å². The largest absolute Gasteiger partial charge is 0.459 e. The SMILES string of the molecule is COCc1c(CN)oc2ccc(Br)cc12. The van der Waals surface area contributed by atoms with Crippen molar-refractivity contribution in [3.63, 3.8) is 0 Å². The Balaban J connectivity index is 2.65. The van der Waals surface area contributed by atoms with Crippen LogP contribution >= 0.6 is 15.9 Å². The van der Waals surface area contributed by atoms with Gasteiger partial charge in [-0.15, -0.1) is 0 Å². The van der Waals surface area contributed by atoms with Crippen LogP contribution in [0.4, 0.5) is 0 Å². The maximum Gasteiger partial charge on any atom is 0.134 e. The van der Waals surface area contributed by atoms with E-state index in [-0.39, 0.29) is 0 Å². The van der Waals surface area contributed by atoms with Crippen molar-refractivity contribution in [2.24, 2.45) is 5.73 Å². The molecular weight excluding hydrogens is 258 g/mol. The summed E-state index contributed by atoms with van der Waals surface area (Å²) in [6.45, 7) is 0.918. The summed E-state index contributed by atoms with van der Waals surface area (Å²) in [5.74, 6) is 0.796. The van der Waals surface area contributed by atoms with Crippen LogP contribution in [0.25, 0.3) is 11.0 Å². The van der Waals surface area contributed by atoms with Crippen molar-refractivity contribution < 1.29 is 9.15 Å². The molecule has 1 aromatic carbocycles. The highest BCUT2D eigenvalue weighted by atomic mass is 79.9. The molecule has 0 fully saturated rings. The number of halogens is 1. The standard InChI is InChI=1S/C11H12BrNO2/c1-14-6-9-8-4-7(12)2-3-10(8)15-11(9)5-13/h2-4H,5-6,13H2,1H3. The topological polar surface area (TPSA) is 48.4 Å². The maximum atomic E-state index is 5.63. The van der Waals surface area contributed by atoms with Gasteiger partial charge in [-0.3, -0.25) is 0 Å². The van der Waals surface area contributed by atoms with Gasteiger partial charge in [0.05, 0.1) is 13.2 Å². The van der Waals surface area contributed by atoms with Gasteiger partial charge in [0.25, 0.3) is 0 Å². The van der Waals surface area contributed by atoms with Gasteiger partial charge in [-0.1, -0.05) is 15.9 Å². The zero-order valence-electron chi connectivity index (χ0n) is 8.42. The Hall–Kier alpha value is -0.840. The molecule has 0 saturated heterocycles. The lowest BCUT2D eigenvalue weighted by atomic mass is 10.1. The van der Waals surface area contributed by atoms with Crippen molar-refractivity contribution in [2.75, 3.05) is 7.11 Å². The molecule has 2 N–H and O–H groups in total. The fourth-order valence-corrected chi connectivity index (χ4v) is 2.00. The normalized spacial score (nSPS) is 11.1. The van der Waals surface area contributed by atoms with Crippen LogP contribution < -0.4 is 5.73 Å². The molecule has 3 nitrogen and oxygen atoms in total. The second kappa shape index (κ2) is 4.35. The van der Waals surface area contributed by atoms with E-state index in [1.54, 1.807) is 7.11 Å². The van der Waals surface area contributed by atoms with Crippen LogP contribution in [-0.4, -0.2) is 7.11 Å². The number of benzene rings is 1. The highest BCUT2D eigenvalue weighted by molar-refractivity contribution is 9.10. The molecule has 0 aliphatic rings. The van der Waals surface area contributed by atoms with Crippen LogP contribution in [-0.2, 0) is 17.9 Å². The van der Waals surface area contributed by atoms with Crippen LogP contribution in [0.15, 0.2) is 27.1 Å². The van der Waals surface area contributed by atoms with Crippen molar-refractivity contribution in [1.29, 1.82) is 0 Å². The number of ether oxygens (including phenoxy) is 1. The zero-order valence-corrected chi connectivity index (χ0v) is 10.0. The Bertz CT molecular complexity index is 479. The molecule has 2 aromatic rings. The quantitative estimate of drug-likeness (QED) is 0.932. The first kappa shape index (κ1) is 10.7. The van der Waals surface area contributed by atoms with Crippen molar-refractivity contribution in [3.8, 4) is 0 Å². The van der Waals surface area contributed by atoms with Crippen molar-refractivity contribution in [3.05, 3.63) is 34.0 Å². The lowest BCUT2D eigenvalue weighted by Crippen LogP contribution is -1.99. The van der Waals surface area contributed by atoms with Crippen LogP contribution in [0.5, 0.6) is 0 Å². The van der Waals surface area contributed by atoms with Crippen molar-refractivity contribution in [1.82, 2.24) is 0 Å². The first-order chi connectivity index (χ1) is 7.26. The minimum atomic E-state index is 0.394. The van der Waals surface area contributed by atoms with E-state index in [0.29, 0.717) is 13.2 Å². The molecule has 2 rings (SSSR count). The number of nitrogens with two attached hydrogens (primary N) is 1. The van der Waals surface area contributed by atoms with Gasteiger partial charge in [0.15, 0.2) is 0 Å². The van der Waals surface area contributed by atoms with E-state index in [1.807, 2.05) is 18.2 Å². The Morgan fingerprint density at radius 2 is 2.27 bits per heavy atom. The third kappa shape index (κ3) is 1.93. The maximum absolute atomic E-state index is 5.63. The average molecular weight is 270 g/mol. The molecule has 1 heterocycles. The molecule has 0 amide bonds. The van der Waals surface area contributed by atoms with E-state index < -0.39 is 0 Å². The zero-order chi connectivity index (χ0) is 10.8. The van der Waals surface area contributed by atoms with Gasteiger partial charge in [-0.2, -0.15) is 0 Å². The van der Waals surface area contributed by atoms with Gasteiger partial charge < -0.3 is 14.9 Å². The van der Waals surface area contributed by atoms with Crippen LogP contribution in [0.2, 0.25) is 0 Å². The van der Waals surface area contributed by atoms with Gasteiger partial charge in [0.1, 0.15) is 11.3 Å². The molecule has 0 bridgehead atoms. The molecule has 1 aromatic heterocycles. The molecule has 4 heteroatoms. The van der Waals surface area contributed by atoms with E-state index in [9.17, 15) is 0 Å². The van der Waals surface area contributed by atoms with E-state index >= 15 is 0 Å². The summed E-state index contributed by atoms with van der Waals surface area (Å²) < 4.78 is 11.8. The molecule has 0 saturated carbocycles. The van der Waals surface area contributed by atoms with Crippen molar-refractivity contribution >= 4 is 26.9 Å². The number of hydrogen-bond acceptors (Lipinski definition) is 3. The number of furan rings is 1. The third-order valence-corrected chi connectivity index (χ3v) is 2.80. The molecular formula is C11H12BrNO2. The predicted octanol–water partition coefficient (Wildman–Crippen LogP) is 2.80. The highest BCUT2D eigenvalue weighted by Gasteiger charge is 2.12. The number of rotatable bonds is 3. The monoisotopic (exact) mass is 269 g/mol. The summed E-state index contributed by atoms with van der Waals surface area (Å²) in [6.07, 6.45) is 0. The Labute approximate surface area is 96.3 Å². The van der Waals surface area contributed by atoms with Gasteiger partial charge in [0.2, 0.25) is 0 Å². The molecule has 0 unspecified atom stereocenters. The average Bonchev–Trinajstić information content (AvgIpc) is 2.57. The molecule has 80 valence electrons. The van der Waals surface area contributed by atoms with Crippen LogP contribution in [0.3, 0.4) is 0 Å². The smallest absolute Gasteiger partial charge is 0.134 e. The van der Waals surface area contributed by atoms with Gasteiger partial charge >= 0.3 is 0 Å². The lowest BCUT2D eigenvalue weighted by Gasteiger charge is -1.98. The van der Waals surface area contributed by atoms with Crippen LogP contribution in [0.1, 0.15) is 11.3 Å². The summed E-state index contributed by atoms with van der Waals surface area (Å²) in [5.41, 5.74) is 7.51. The Morgan fingerprint density at radius 1 is 1.47 bits per heavy atom. The number of hydrogen-bond donors (Lipinski definition) is 1. The fraction of sp³-hybridized carbons (Fsp3) is 0.273. The minimum Gasteiger partial charge on any atom is -0.459 e. The van der Waals surface area contributed by atoms with Gasteiger partial charge in [0, 0.05) is 22.5 Å². The third-order valence-electron chi connectivity index (χ3n) is 2.31. The summed E-state index contributed by atoms with van der Waals surface area (Å²) in [7, 11) is 1.66. The summed E-state index contributed by atoms with van der Waals surface area (Å²) in [6, 6.07) is 5.90. The second-order valence-electron chi connectivity index (χ2n) is 3.28. The lowest BCUT2D eigenvalue weighted by molar-refractivity contribution is 0.184. The Kier molecular flexibility index (Phi) is 3.09. The first-order valence-corrected chi connectivity index (χ1v) is 5.44. The second-order valence-corrected chi connectivity index (χ2v) is 4.20. The van der Waals surface area contributed by atoms with E-state index in [1.165, 1.54) is 0 Å². The molecule has 0 aliphatic heterocycles. The molecule has 0 radical (unpaired) electrons. The molecule has 0 aliphatic carbocycles. The molecule has 0 spiro atoms. The predicted molar refractivity (Wildman–Crippen MR) is 62.5 cm³/mol. The van der Waals surface area contributed by atoms with Gasteiger partial charge in [-0.25, -0.2) is 0 Å². The first-order valence-electron chi connectivity index (χ1n) is 4.65. The summed E-state index contributed by atoms with van der Waals surface area (Å²) in [5, 5.41) is 1.06.